The number of aromatic nitrogens is 2. The van der Waals surface area contributed by atoms with Gasteiger partial charge < -0.3 is 30.8 Å². The molecule has 0 bridgehead atoms. The number of amides is 3. The van der Waals surface area contributed by atoms with Crippen LogP contribution in [0.2, 0.25) is 0 Å². The molecule has 0 spiro atoms. The van der Waals surface area contributed by atoms with Gasteiger partial charge in [0.1, 0.15) is 17.3 Å². The van der Waals surface area contributed by atoms with E-state index in [1.807, 2.05) is 11.8 Å². The predicted molar refractivity (Wildman–Crippen MR) is 167 cm³/mol. The molecule has 1 saturated heterocycles. The molecule has 0 radical (unpaired) electrons. The van der Waals surface area contributed by atoms with Crippen LogP contribution in [0.4, 0.5) is 20.6 Å². The summed E-state index contributed by atoms with van der Waals surface area (Å²) in [5.41, 5.74) is 3.13. The van der Waals surface area contributed by atoms with Crippen LogP contribution < -0.4 is 20.7 Å². The molecule has 13 heteroatoms. The maximum atomic E-state index is 13.9. The second kappa shape index (κ2) is 14.5. The number of carbonyl (C=O) groups excluding carboxylic acids is 2. The van der Waals surface area contributed by atoms with Crippen molar-refractivity contribution in [1.29, 1.82) is 0 Å². The van der Waals surface area contributed by atoms with Crippen LogP contribution in [0.15, 0.2) is 73.1 Å². The summed E-state index contributed by atoms with van der Waals surface area (Å²) in [4.78, 5) is 47.5. The fourth-order valence-corrected chi connectivity index (χ4v) is 4.85. The largest absolute Gasteiger partial charge is 0.480 e. The lowest BCUT2D eigenvalue weighted by atomic mass is 10.2. The number of ether oxygens (including phenoxy) is 1. The molecule has 5 rings (SSSR count). The third kappa shape index (κ3) is 8.87. The van der Waals surface area contributed by atoms with Gasteiger partial charge in [0.2, 0.25) is 0 Å². The molecule has 2 aromatic heterocycles. The predicted octanol–water partition coefficient (Wildman–Crippen LogP) is 4.39. The molecule has 2 aromatic carbocycles. The number of benzene rings is 2. The van der Waals surface area contributed by atoms with Crippen LogP contribution in [-0.2, 0) is 4.79 Å². The number of hydrogen-bond acceptors (Lipinski definition) is 7. The third-order valence-corrected chi connectivity index (χ3v) is 7.21. The van der Waals surface area contributed by atoms with Gasteiger partial charge in [0.05, 0.1) is 29.2 Å². The first-order valence-electron chi connectivity index (χ1n) is 14.4. The van der Waals surface area contributed by atoms with Crippen LogP contribution >= 0.6 is 0 Å². The highest BCUT2D eigenvalue weighted by Gasteiger charge is 2.19. The fraction of sp³-hybridized carbons (Fsp3) is 0.250. The maximum absolute atomic E-state index is 13.9. The molecule has 1 aliphatic rings. The summed E-state index contributed by atoms with van der Waals surface area (Å²) in [6.45, 7) is 5.92. The van der Waals surface area contributed by atoms with E-state index in [9.17, 15) is 18.8 Å². The number of aromatic amines is 1. The Hall–Kier alpha value is -5.27. The first-order chi connectivity index (χ1) is 21.7. The van der Waals surface area contributed by atoms with Gasteiger partial charge in [-0.3, -0.25) is 24.4 Å². The number of halogens is 1. The quantitative estimate of drug-likeness (QED) is 0.167. The Morgan fingerprint density at radius 3 is 2.47 bits per heavy atom. The number of aliphatic carboxylic acids is 1. The van der Waals surface area contributed by atoms with Crippen molar-refractivity contribution in [3.63, 3.8) is 0 Å². The Morgan fingerprint density at radius 2 is 1.71 bits per heavy atom. The minimum atomic E-state index is -0.821. The number of carboxylic acids is 1. The highest BCUT2D eigenvalue weighted by atomic mass is 19.1. The van der Waals surface area contributed by atoms with Crippen LogP contribution in [0, 0.1) is 12.7 Å². The summed E-state index contributed by atoms with van der Waals surface area (Å²) in [5, 5.41) is 17.0. The summed E-state index contributed by atoms with van der Waals surface area (Å²) in [6.07, 6.45) is 3.23. The smallest absolute Gasteiger partial charge is 0.323 e. The summed E-state index contributed by atoms with van der Waals surface area (Å²) in [7, 11) is 0. The monoisotopic (exact) mass is 615 g/mol. The number of rotatable bonds is 11. The number of H-pyrrole nitrogens is 1. The van der Waals surface area contributed by atoms with Crippen molar-refractivity contribution in [3.8, 4) is 22.9 Å². The Morgan fingerprint density at radius 1 is 0.956 bits per heavy atom. The number of nitrogens with zero attached hydrogens (tertiary/aromatic N) is 3. The number of nitrogens with one attached hydrogen (secondary N) is 4. The van der Waals surface area contributed by atoms with E-state index in [0.717, 1.165) is 18.7 Å². The van der Waals surface area contributed by atoms with Gasteiger partial charge in [0, 0.05) is 63.4 Å². The zero-order chi connectivity index (χ0) is 31.8. The summed E-state index contributed by atoms with van der Waals surface area (Å²) < 4.78 is 19.9. The average molecular weight is 616 g/mol. The minimum absolute atomic E-state index is 0.0525. The Kier molecular flexibility index (Phi) is 10.0. The van der Waals surface area contributed by atoms with Crippen molar-refractivity contribution in [2.75, 3.05) is 56.4 Å². The van der Waals surface area contributed by atoms with Gasteiger partial charge in [-0.2, -0.15) is 0 Å². The highest BCUT2D eigenvalue weighted by molar-refractivity contribution is 6.00. The standard InChI is InChI=1S/C32H34FN7O5/c1-21-2-7-26(33)27(16-21)38-32(44)37-23-3-5-24(6-4-23)45-25-8-9-34-29(18-25)28-17-22(19-36-28)31(43)35-10-11-39-12-14-40(15-13-39)20-30(41)42/h2-9,16-19,36H,10-15,20H2,1H3,(H,35,43)(H,41,42)(H2,37,38,44). The van der Waals surface area contributed by atoms with Crippen LogP contribution in [0.5, 0.6) is 11.5 Å². The summed E-state index contributed by atoms with van der Waals surface area (Å²) in [5.74, 6) is -0.498. The Labute approximate surface area is 259 Å². The van der Waals surface area contributed by atoms with E-state index in [0.29, 0.717) is 60.3 Å². The minimum Gasteiger partial charge on any atom is -0.480 e. The SMILES string of the molecule is Cc1ccc(F)c(NC(=O)Nc2ccc(Oc3ccnc(-c4cc(C(=O)NCCN5CCN(CC(=O)O)CC5)c[nH]4)c3)cc2)c1. The molecule has 0 atom stereocenters. The first kappa shape index (κ1) is 31.2. The van der Waals surface area contributed by atoms with Crippen molar-refractivity contribution in [3.05, 3.63) is 90.0 Å². The molecule has 12 nitrogen and oxygen atoms in total. The topological polar surface area (TPSA) is 152 Å². The number of hydrogen-bond donors (Lipinski definition) is 5. The number of carbonyl (C=O) groups is 3. The second-order valence-corrected chi connectivity index (χ2v) is 10.6. The molecule has 1 aliphatic heterocycles. The van der Waals surface area contributed by atoms with Crippen LogP contribution in [0.3, 0.4) is 0 Å². The third-order valence-electron chi connectivity index (χ3n) is 7.21. The number of pyridine rings is 1. The lowest BCUT2D eigenvalue weighted by Gasteiger charge is -2.33. The molecule has 4 aromatic rings. The molecule has 0 aliphatic carbocycles. The van der Waals surface area contributed by atoms with E-state index >= 15 is 0 Å². The summed E-state index contributed by atoms with van der Waals surface area (Å²) in [6, 6.07) is 15.8. The average Bonchev–Trinajstić information content (AvgIpc) is 3.52. The molecule has 0 unspecified atom stereocenters. The van der Waals surface area contributed by atoms with Crippen LogP contribution in [-0.4, -0.2) is 88.6 Å². The van der Waals surface area contributed by atoms with Gasteiger partial charge in [-0.25, -0.2) is 9.18 Å². The Balaban J connectivity index is 1.10. The zero-order valence-corrected chi connectivity index (χ0v) is 24.7. The van der Waals surface area contributed by atoms with Crippen molar-refractivity contribution in [2.24, 2.45) is 0 Å². The van der Waals surface area contributed by atoms with E-state index < -0.39 is 17.8 Å². The van der Waals surface area contributed by atoms with E-state index in [2.05, 4.69) is 30.8 Å². The summed E-state index contributed by atoms with van der Waals surface area (Å²) >= 11 is 0. The van der Waals surface area contributed by atoms with E-state index in [4.69, 9.17) is 9.84 Å². The molecular formula is C32H34FN7O5. The molecule has 3 amide bonds. The number of urea groups is 1. The van der Waals surface area contributed by atoms with Gasteiger partial charge in [0.15, 0.2) is 0 Å². The fourth-order valence-electron chi connectivity index (χ4n) is 4.85. The molecule has 1 fully saturated rings. The van der Waals surface area contributed by atoms with E-state index in [1.165, 1.54) is 6.07 Å². The molecule has 45 heavy (non-hydrogen) atoms. The number of anilines is 2. The highest BCUT2D eigenvalue weighted by Crippen LogP contribution is 2.27. The normalized spacial score (nSPS) is 13.6. The first-order valence-corrected chi connectivity index (χ1v) is 14.4. The number of aryl methyl sites for hydroxylation is 1. The van der Waals surface area contributed by atoms with Crippen molar-refractivity contribution < 1.29 is 28.6 Å². The van der Waals surface area contributed by atoms with Gasteiger partial charge in [-0.15, -0.1) is 0 Å². The van der Waals surface area contributed by atoms with Gasteiger partial charge >= 0.3 is 12.0 Å². The van der Waals surface area contributed by atoms with Crippen LogP contribution in [0.1, 0.15) is 15.9 Å². The Bertz CT molecular complexity index is 1650. The molecule has 5 N–H and O–H groups in total. The van der Waals surface area contributed by atoms with Crippen LogP contribution in [0.25, 0.3) is 11.4 Å². The maximum Gasteiger partial charge on any atom is 0.323 e. The molecule has 234 valence electrons. The lowest BCUT2D eigenvalue weighted by molar-refractivity contribution is -0.138. The van der Waals surface area contributed by atoms with E-state index in [1.54, 1.807) is 67.0 Å². The lowest BCUT2D eigenvalue weighted by Crippen LogP contribution is -2.49. The van der Waals surface area contributed by atoms with Gasteiger partial charge in [0.25, 0.3) is 5.91 Å². The van der Waals surface area contributed by atoms with E-state index in [-0.39, 0.29) is 18.1 Å². The molecular weight excluding hydrogens is 581 g/mol. The molecule has 3 heterocycles. The zero-order valence-electron chi connectivity index (χ0n) is 24.7. The van der Waals surface area contributed by atoms with Gasteiger partial charge in [-0.1, -0.05) is 6.07 Å². The second-order valence-electron chi connectivity index (χ2n) is 10.6. The van der Waals surface area contributed by atoms with Crippen molar-refractivity contribution >= 4 is 29.3 Å². The van der Waals surface area contributed by atoms with Crippen molar-refractivity contribution in [2.45, 2.75) is 6.92 Å². The van der Waals surface area contributed by atoms with Crippen molar-refractivity contribution in [1.82, 2.24) is 25.1 Å². The molecule has 0 saturated carbocycles. The number of piperazine rings is 1. The van der Waals surface area contributed by atoms with Gasteiger partial charge in [-0.05, 0) is 61.0 Å². The number of carboxylic acid groups (broad SMARTS) is 1.